The third kappa shape index (κ3) is 2.69. The summed E-state index contributed by atoms with van der Waals surface area (Å²) in [5.74, 6) is 1.33. The predicted molar refractivity (Wildman–Crippen MR) is 126 cm³/mol. The van der Waals surface area contributed by atoms with Gasteiger partial charge in [-0.2, -0.15) is 0 Å². The molecule has 5 rings (SSSR count). The molecule has 1 aliphatic rings. The Kier molecular flexibility index (Phi) is 4.24. The first-order chi connectivity index (χ1) is 14.3. The van der Waals surface area contributed by atoms with Gasteiger partial charge in [-0.05, 0) is 50.9 Å². The maximum Gasteiger partial charge on any atom is 0.163 e. The van der Waals surface area contributed by atoms with E-state index in [1.807, 2.05) is 32.9 Å². The molecular formula is C26H25O3P. The summed E-state index contributed by atoms with van der Waals surface area (Å²) in [6.45, 7) is 6.04. The first-order valence-corrected chi connectivity index (χ1v) is 12.1. The minimum absolute atomic E-state index is 0.224. The van der Waals surface area contributed by atoms with E-state index in [4.69, 9.17) is 9.47 Å². The van der Waals surface area contributed by atoms with Gasteiger partial charge in [0.05, 0.1) is 12.4 Å². The zero-order valence-electron chi connectivity index (χ0n) is 17.7. The van der Waals surface area contributed by atoms with E-state index in [0.29, 0.717) is 11.5 Å². The maximum atomic E-state index is 13.9. The molecule has 1 atom stereocenters. The number of fused-ring (bicyclic) bond motifs is 3. The normalized spacial score (nSPS) is 18.4. The Hall–Kier alpha value is -2.77. The SMILES string of the molecule is COc1cc(-c2c3ccccc3cc3ccccc23)cc2c1[P@](=O)(C(C)(C)C)CO2. The molecule has 30 heavy (non-hydrogen) atoms. The van der Waals surface area contributed by atoms with Gasteiger partial charge in [0.25, 0.3) is 0 Å². The minimum atomic E-state index is -2.75. The van der Waals surface area contributed by atoms with Crippen LogP contribution in [0.1, 0.15) is 20.8 Å². The Morgan fingerprint density at radius 2 is 1.50 bits per heavy atom. The zero-order chi connectivity index (χ0) is 21.1. The molecule has 0 fully saturated rings. The van der Waals surface area contributed by atoms with Crippen LogP contribution in [0.4, 0.5) is 0 Å². The van der Waals surface area contributed by atoms with Crippen molar-refractivity contribution in [2.24, 2.45) is 0 Å². The largest absolute Gasteiger partial charge is 0.496 e. The molecule has 1 heterocycles. The molecule has 4 heteroatoms. The van der Waals surface area contributed by atoms with Crippen LogP contribution < -0.4 is 14.8 Å². The van der Waals surface area contributed by atoms with E-state index in [1.54, 1.807) is 7.11 Å². The monoisotopic (exact) mass is 416 g/mol. The topological polar surface area (TPSA) is 35.5 Å². The Balaban J connectivity index is 1.85. The summed E-state index contributed by atoms with van der Waals surface area (Å²) in [5, 5.41) is 5.08. The van der Waals surface area contributed by atoms with Crippen LogP contribution in [0, 0.1) is 0 Å². The highest BCUT2D eigenvalue weighted by Crippen LogP contribution is 2.63. The van der Waals surface area contributed by atoms with Crippen LogP contribution in [0.5, 0.6) is 11.5 Å². The summed E-state index contributed by atoms with van der Waals surface area (Å²) in [6.07, 6.45) is 0.224. The van der Waals surface area contributed by atoms with Crippen LogP contribution in [0.15, 0.2) is 66.7 Å². The Morgan fingerprint density at radius 3 is 2.07 bits per heavy atom. The van der Waals surface area contributed by atoms with Crippen LogP contribution >= 0.6 is 7.14 Å². The lowest BCUT2D eigenvalue weighted by Gasteiger charge is -2.27. The molecule has 0 bridgehead atoms. The van der Waals surface area contributed by atoms with Gasteiger partial charge in [-0.1, -0.05) is 69.3 Å². The molecule has 0 unspecified atom stereocenters. The van der Waals surface area contributed by atoms with Crippen molar-refractivity contribution in [1.82, 2.24) is 0 Å². The first kappa shape index (κ1) is 19.2. The zero-order valence-corrected chi connectivity index (χ0v) is 18.6. The van der Waals surface area contributed by atoms with Gasteiger partial charge in [0, 0.05) is 5.16 Å². The third-order valence-electron chi connectivity index (χ3n) is 6.17. The number of rotatable bonds is 2. The van der Waals surface area contributed by atoms with E-state index in [1.165, 1.54) is 21.5 Å². The van der Waals surface area contributed by atoms with Gasteiger partial charge < -0.3 is 14.0 Å². The quantitative estimate of drug-likeness (QED) is 0.266. The molecule has 0 N–H and O–H groups in total. The lowest BCUT2D eigenvalue weighted by molar-refractivity contribution is 0.387. The number of methoxy groups -OCH3 is 1. The molecule has 0 aliphatic carbocycles. The van der Waals surface area contributed by atoms with Crippen molar-refractivity contribution in [2.75, 3.05) is 13.5 Å². The summed E-state index contributed by atoms with van der Waals surface area (Å²) in [4.78, 5) is 0. The molecule has 0 saturated heterocycles. The van der Waals surface area contributed by atoms with Crippen molar-refractivity contribution in [3.8, 4) is 22.6 Å². The van der Waals surface area contributed by atoms with Gasteiger partial charge in [-0.3, -0.25) is 0 Å². The lowest BCUT2D eigenvalue weighted by Crippen LogP contribution is -2.23. The van der Waals surface area contributed by atoms with Crippen molar-refractivity contribution >= 4 is 34.0 Å². The fraction of sp³-hybridized carbons (Fsp3) is 0.231. The molecule has 1 aliphatic heterocycles. The third-order valence-corrected chi connectivity index (χ3v) is 9.99. The second-order valence-electron chi connectivity index (χ2n) is 8.90. The van der Waals surface area contributed by atoms with Gasteiger partial charge in [-0.15, -0.1) is 0 Å². The highest BCUT2D eigenvalue weighted by molar-refractivity contribution is 7.73. The van der Waals surface area contributed by atoms with Crippen LogP contribution in [0.2, 0.25) is 0 Å². The Labute approximate surface area is 177 Å². The molecule has 0 amide bonds. The van der Waals surface area contributed by atoms with Crippen LogP contribution in [-0.4, -0.2) is 18.6 Å². The molecule has 4 aromatic rings. The van der Waals surface area contributed by atoms with Crippen molar-refractivity contribution in [2.45, 2.75) is 25.9 Å². The molecule has 0 saturated carbocycles. The van der Waals surface area contributed by atoms with E-state index in [9.17, 15) is 4.57 Å². The molecule has 0 aromatic heterocycles. The number of hydrogen-bond acceptors (Lipinski definition) is 3. The average Bonchev–Trinajstić information content (AvgIpc) is 3.09. The Morgan fingerprint density at radius 1 is 0.900 bits per heavy atom. The van der Waals surface area contributed by atoms with Crippen molar-refractivity contribution in [3.05, 3.63) is 66.7 Å². The van der Waals surface area contributed by atoms with E-state index in [2.05, 4.69) is 54.6 Å². The fourth-order valence-corrected chi connectivity index (χ4v) is 6.93. The molecule has 4 aromatic carbocycles. The molecular weight excluding hydrogens is 391 g/mol. The van der Waals surface area contributed by atoms with Crippen LogP contribution in [-0.2, 0) is 4.57 Å². The smallest absolute Gasteiger partial charge is 0.163 e. The van der Waals surface area contributed by atoms with Crippen LogP contribution in [0.25, 0.3) is 32.7 Å². The van der Waals surface area contributed by atoms with Crippen LogP contribution in [0.3, 0.4) is 0 Å². The van der Waals surface area contributed by atoms with Gasteiger partial charge >= 0.3 is 0 Å². The van der Waals surface area contributed by atoms with Crippen molar-refractivity contribution < 1.29 is 14.0 Å². The molecule has 0 spiro atoms. The number of ether oxygens (including phenoxy) is 2. The number of hydrogen-bond donors (Lipinski definition) is 0. The lowest BCUT2D eigenvalue weighted by atomic mass is 9.92. The number of benzene rings is 4. The highest BCUT2D eigenvalue weighted by atomic mass is 31.2. The van der Waals surface area contributed by atoms with E-state index < -0.39 is 7.14 Å². The van der Waals surface area contributed by atoms with Gasteiger partial charge in [-0.25, -0.2) is 0 Å². The van der Waals surface area contributed by atoms with E-state index >= 15 is 0 Å². The summed E-state index contributed by atoms with van der Waals surface area (Å²) >= 11 is 0. The second kappa shape index (κ2) is 6.62. The van der Waals surface area contributed by atoms with E-state index in [0.717, 1.165) is 16.4 Å². The summed E-state index contributed by atoms with van der Waals surface area (Å²) in [5.41, 5.74) is 2.16. The van der Waals surface area contributed by atoms with Crippen molar-refractivity contribution in [1.29, 1.82) is 0 Å². The van der Waals surface area contributed by atoms with Gasteiger partial charge in [0.2, 0.25) is 0 Å². The molecule has 0 radical (unpaired) electrons. The van der Waals surface area contributed by atoms with E-state index in [-0.39, 0.29) is 11.5 Å². The average molecular weight is 416 g/mol. The molecule has 3 nitrogen and oxygen atoms in total. The van der Waals surface area contributed by atoms with Crippen molar-refractivity contribution in [3.63, 3.8) is 0 Å². The summed E-state index contributed by atoms with van der Waals surface area (Å²) in [6, 6.07) is 23.1. The van der Waals surface area contributed by atoms with Gasteiger partial charge in [0.15, 0.2) is 7.14 Å². The maximum absolute atomic E-state index is 13.9. The second-order valence-corrected chi connectivity index (χ2v) is 12.4. The summed E-state index contributed by atoms with van der Waals surface area (Å²) in [7, 11) is -1.11. The fourth-order valence-electron chi connectivity index (χ4n) is 4.43. The Bertz CT molecular complexity index is 1290. The molecule has 152 valence electrons. The predicted octanol–water partition coefficient (Wildman–Crippen LogP) is 6.81. The minimum Gasteiger partial charge on any atom is -0.496 e. The summed E-state index contributed by atoms with van der Waals surface area (Å²) < 4.78 is 25.7. The van der Waals surface area contributed by atoms with Gasteiger partial charge in [0.1, 0.15) is 17.8 Å². The highest BCUT2D eigenvalue weighted by Gasteiger charge is 2.47. The first-order valence-electron chi connectivity index (χ1n) is 10.2. The standard InChI is InChI=1S/C26H25O3P/c1-26(2,3)30(27)16-29-23-15-19(14-22(28-4)25(23)30)24-20-11-7-5-9-17(20)13-18-10-6-8-12-21(18)24/h5-15H,16H2,1-4H3/t30-/m0/s1.